The highest BCUT2D eigenvalue weighted by atomic mass is 32.2. The minimum Gasteiger partial charge on any atom is -0.374 e. The van der Waals surface area contributed by atoms with Crippen molar-refractivity contribution in [1.82, 2.24) is 20.5 Å². The van der Waals surface area contributed by atoms with Crippen molar-refractivity contribution in [2.24, 2.45) is 0 Å². The molecule has 0 aliphatic heterocycles. The molecule has 2 heterocycles. The molecule has 0 saturated heterocycles. The first-order chi connectivity index (χ1) is 11.7. The number of hydrogen-bond acceptors (Lipinski definition) is 7. The van der Waals surface area contributed by atoms with Gasteiger partial charge in [0.1, 0.15) is 11.0 Å². The van der Waals surface area contributed by atoms with Crippen molar-refractivity contribution in [1.29, 1.82) is 0 Å². The largest absolute Gasteiger partial charge is 0.374 e. The predicted molar refractivity (Wildman–Crippen MR) is 95.7 cm³/mol. The van der Waals surface area contributed by atoms with E-state index >= 15 is 0 Å². The van der Waals surface area contributed by atoms with Crippen LogP contribution in [0.5, 0.6) is 0 Å². The number of nitrogens with two attached hydrogens (primary N) is 1. The summed E-state index contributed by atoms with van der Waals surface area (Å²) in [5.74, 6) is 0.169. The average molecular weight is 357 g/mol. The molecule has 6 nitrogen and oxygen atoms in total. The summed E-state index contributed by atoms with van der Waals surface area (Å²) in [5.41, 5.74) is 6.61. The predicted octanol–water partition coefficient (Wildman–Crippen LogP) is 2.51. The number of thioether (sulfide) groups is 1. The standard InChI is InChI=1S/C16H15N5OS2/c17-16-21-20-15(24-16)14(11-6-2-1-3-7-11)19-12(22)10-23-13-8-4-5-9-18-13/h1-9,14H,10H2,(H2,17,21)(H,19,22)/t14-/m1/s1. The molecule has 1 amide bonds. The van der Waals surface area contributed by atoms with Gasteiger partial charge in [-0.15, -0.1) is 10.2 Å². The van der Waals surface area contributed by atoms with E-state index in [-0.39, 0.29) is 17.7 Å². The maximum Gasteiger partial charge on any atom is 0.231 e. The van der Waals surface area contributed by atoms with Gasteiger partial charge in [-0.1, -0.05) is 59.5 Å². The van der Waals surface area contributed by atoms with Crippen molar-refractivity contribution in [3.63, 3.8) is 0 Å². The first-order valence-electron chi connectivity index (χ1n) is 7.19. The van der Waals surface area contributed by atoms with Crippen molar-refractivity contribution in [2.75, 3.05) is 11.5 Å². The highest BCUT2D eigenvalue weighted by Crippen LogP contribution is 2.26. The van der Waals surface area contributed by atoms with E-state index in [4.69, 9.17) is 5.73 Å². The Bertz CT molecular complexity index is 794. The zero-order valence-electron chi connectivity index (χ0n) is 12.6. The summed E-state index contributed by atoms with van der Waals surface area (Å²) in [4.78, 5) is 16.5. The lowest BCUT2D eigenvalue weighted by atomic mass is 10.1. The molecule has 24 heavy (non-hydrogen) atoms. The molecule has 3 rings (SSSR count). The molecule has 3 N–H and O–H groups in total. The number of nitrogens with zero attached hydrogens (tertiary/aromatic N) is 3. The Labute approximate surface area is 147 Å². The van der Waals surface area contributed by atoms with Crippen molar-refractivity contribution in [2.45, 2.75) is 11.1 Å². The Balaban J connectivity index is 1.71. The third kappa shape index (κ3) is 4.30. The fraction of sp³-hybridized carbons (Fsp3) is 0.125. The number of carbonyl (C=O) groups is 1. The minimum atomic E-state index is -0.363. The van der Waals surface area contributed by atoms with Crippen LogP contribution in [0.25, 0.3) is 0 Å². The zero-order valence-corrected chi connectivity index (χ0v) is 14.3. The van der Waals surface area contributed by atoms with E-state index in [2.05, 4.69) is 20.5 Å². The molecular weight excluding hydrogens is 342 g/mol. The van der Waals surface area contributed by atoms with Crippen LogP contribution in [-0.2, 0) is 4.79 Å². The van der Waals surface area contributed by atoms with E-state index in [0.29, 0.717) is 10.1 Å². The van der Waals surface area contributed by atoms with Crippen molar-refractivity contribution in [3.8, 4) is 0 Å². The van der Waals surface area contributed by atoms with Gasteiger partial charge in [-0.25, -0.2) is 4.98 Å². The van der Waals surface area contributed by atoms with Crippen molar-refractivity contribution in [3.05, 3.63) is 65.3 Å². The number of aromatic nitrogens is 3. The molecule has 0 radical (unpaired) electrons. The molecule has 3 aromatic rings. The lowest BCUT2D eigenvalue weighted by Crippen LogP contribution is -2.30. The molecule has 0 fully saturated rings. The second kappa shape index (κ2) is 7.89. The van der Waals surface area contributed by atoms with Crippen LogP contribution < -0.4 is 11.1 Å². The summed E-state index contributed by atoms with van der Waals surface area (Å²) >= 11 is 2.65. The number of benzene rings is 1. The minimum absolute atomic E-state index is 0.103. The first-order valence-corrected chi connectivity index (χ1v) is 8.99. The third-order valence-corrected chi connectivity index (χ3v) is 4.89. The highest BCUT2D eigenvalue weighted by Gasteiger charge is 2.20. The number of rotatable bonds is 6. The quantitative estimate of drug-likeness (QED) is 0.658. The topological polar surface area (TPSA) is 93.8 Å². The fourth-order valence-electron chi connectivity index (χ4n) is 2.07. The van der Waals surface area contributed by atoms with Gasteiger partial charge >= 0.3 is 0 Å². The number of anilines is 1. The molecule has 0 aliphatic carbocycles. The van der Waals surface area contributed by atoms with Crippen molar-refractivity contribution < 1.29 is 4.79 Å². The molecule has 0 spiro atoms. The van der Waals surface area contributed by atoms with E-state index in [1.807, 2.05) is 48.5 Å². The lowest BCUT2D eigenvalue weighted by molar-refractivity contribution is -0.119. The second-order valence-corrected chi connectivity index (χ2v) is 6.88. The van der Waals surface area contributed by atoms with Gasteiger partial charge in [0.25, 0.3) is 0 Å². The highest BCUT2D eigenvalue weighted by molar-refractivity contribution is 7.99. The Morgan fingerprint density at radius 2 is 1.96 bits per heavy atom. The molecule has 1 atom stereocenters. The Kier molecular flexibility index (Phi) is 5.39. The van der Waals surface area contributed by atoms with Gasteiger partial charge in [-0.3, -0.25) is 4.79 Å². The van der Waals surface area contributed by atoms with Crippen molar-refractivity contribution >= 4 is 34.1 Å². The van der Waals surface area contributed by atoms with Crippen LogP contribution in [-0.4, -0.2) is 26.8 Å². The lowest BCUT2D eigenvalue weighted by Gasteiger charge is -2.16. The Hall–Kier alpha value is -2.45. The van der Waals surface area contributed by atoms with Gasteiger partial charge in [0.2, 0.25) is 11.0 Å². The van der Waals surface area contributed by atoms with Gasteiger partial charge < -0.3 is 11.1 Å². The number of nitrogens with one attached hydrogen (secondary N) is 1. The van der Waals surface area contributed by atoms with Crippen LogP contribution in [0.3, 0.4) is 0 Å². The summed E-state index contributed by atoms with van der Waals surface area (Å²) in [6.45, 7) is 0. The number of amides is 1. The zero-order chi connectivity index (χ0) is 16.8. The third-order valence-electron chi connectivity index (χ3n) is 3.13. The van der Waals surface area contributed by atoms with Crippen LogP contribution >= 0.6 is 23.1 Å². The van der Waals surface area contributed by atoms with Crippen LogP contribution in [0, 0.1) is 0 Å². The summed E-state index contributed by atoms with van der Waals surface area (Å²) in [6.07, 6.45) is 1.71. The molecule has 8 heteroatoms. The maximum atomic E-state index is 12.3. The van der Waals surface area contributed by atoms with Crippen LogP contribution in [0.15, 0.2) is 59.8 Å². The van der Waals surface area contributed by atoms with Crippen LogP contribution in [0.4, 0.5) is 5.13 Å². The van der Waals surface area contributed by atoms with Gasteiger partial charge in [0.05, 0.1) is 10.8 Å². The SMILES string of the molecule is Nc1nnc([C@H](NC(=O)CSc2ccccn2)c2ccccc2)s1. The maximum absolute atomic E-state index is 12.3. The Morgan fingerprint density at radius 3 is 2.62 bits per heavy atom. The number of carbonyl (C=O) groups excluding carboxylic acids is 1. The van der Waals surface area contributed by atoms with E-state index in [1.54, 1.807) is 6.20 Å². The van der Waals surface area contributed by atoms with Gasteiger partial charge in [-0.05, 0) is 17.7 Å². The fourth-order valence-corrected chi connectivity index (χ4v) is 3.43. The molecule has 122 valence electrons. The average Bonchev–Trinajstić information content (AvgIpc) is 3.05. The number of nitrogen functional groups attached to an aromatic ring is 1. The molecule has 0 unspecified atom stereocenters. The first kappa shape index (κ1) is 16.4. The van der Waals surface area contributed by atoms with Gasteiger partial charge in [0, 0.05) is 6.20 Å². The Morgan fingerprint density at radius 1 is 1.17 bits per heavy atom. The number of pyridine rings is 1. The van der Waals surface area contributed by atoms with Gasteiger partial charge in [-0.2, -0.15) is 0 Å². The molecule has 0 aliphatic rings. The smallest absolute Gasteiger partial charge is 0.231 e. The summed E-state index contributed by atoms with van der Waals surface area (Å²) < 4.78 is 0. The molecule has 2 aromatic heterocycles. The van der Waals surface area contributed by atoms with E-state index < -0.39 is 0 Å². The number of hydrogen-bond donors (Lipinski definition) is 2. The monoisotopic (exact) mass is 357 g/mol. The summed E-state index contributed by atoms with van der Waals surface area (Å²) in [5, 5.41) is 12.8. The second-order valence-electron chi connectivity index (χ2n) is 4.85. The normalized spacial score (nSPS) is 11.8. The summed E-state index contributed by atoms with van der Waals surface area (Å²) in [6, 6.07) is 14.9. The molecule has 0 saturated carbocycles. The van der Waals surface area contributed by atoms with Crippen LogP contribution in [0.1, 0.15) is 16.6 Å². The molecule has 0 bridgehead atoms. The summed E-state index contributed by atoms with van der Waals surface area (Å²) in [7, 11) is 0. The van der Waals surface area contributed by atoms with Crippen LogP contribution in [0.2, 0.25) is 0 Å². The molecule has 1 aromatic carbocycles. The van der Waals surface area contributed by atoms with E-state index in [9.17, 15) is 4.79 Å². The van der Waals surface area contributed by atoms with Gasteiger partial charge in [0.15, 0.2) is 0 Å². The molecular formula is C16H15N5OS2. The van der Waals surface area contributed by atoms with E-state index in [1.165, 1.54) is 23.1 Å². The van der Waals surface area contributed by atoms with E-state index in [0.717, 1.165) is 10.6 Å².